The molecule has 0 bridgehead atoms. The molecule has 1 nitrogen and oxygen atoms in total. The monoisotopic (exact) mass is 427 g/mol. The standard InChI is InChI=1S/C18H16.C14H13N/c1-3-7-15-13(5-1)9-11-18-16-8-4-2-6-14(16)10-12-17(15)18;1-2-15-13-9-5-3-7-11(13)12-8-4-6-10-14(12)15/h1,3,5,7,9-12H,2,4,6,8H2;3-10H,2H2,1H3. The summed E-state index contributed by atoms with van der Waals surface area (Å²) in [7, 11) is 0. The van der Waals surface area contributed by atoms with Gasteiger partial charge in [-0.2, -0.15) is 0 Å². The predicted octanol–water partition coefficient (Wildman–Crippen LogP) is 8.69. The lowest BCUT2D eigenvalue weighted by molar-refractivity contribution is 0.690. The smallest absolute Gasteiger partial charge is 0.0491 e. The maximum absolute atomic E-state index is 2.37. The molecule has 1 heteroatoms. The van der Waals surface area contributed by atoms with Gasteiger partial charge in [-0.25, -0.2) is 0 Å². The highest BCUT2D eigenvalue weighted by atomic mass is 15.0. The highest BCUT2D eigenvalue weighted by Gasteiger charge is 2.13. The van der Waals surface area contributed by atoms with E-state index in [9.17, 15) is 0 Å². The van der Waals surface area contributed by atoms with Gasteiger partial charge in [-0.1, -0.05) is 84.9 Å². The van der Waals surface area contributed by atoms with Crippen LogP contribution in [0, 0.1) is 0 Å². The first kappa shape index (κ1) is 20.1. The molecule has 1 aliphatic carbocycles. The molecule has 0 spiro atoms. The summed E-state index contributed by atoms with van der Waals surface area (Å²) >= 11 is 0. The van der Waals surface area contributed by atoms with E-state index in [4.69, 9.17) is 0 Å². The third kappa shape index (κ3) is 3.40. The second-order valence-electron chi connectivity index (χ2n) is 9.07. The van der Waals surface area contributed by atoms with Crippen molar-refractivity contribution in [1.82, 2.24) is 4.57 Å². The molecule has 162 valence electrons. The zero-order valence-electron chi connectivity index (χ0n) is 19.2. The number of hydrogen-bond acceptors (Lipinski definition) is 0. The molecule has 0 amide bonds. The first-order chi connectivity index (χ1) is 16.3. The number of rotatable bonds is 1. The summed E-state index contributed by atoms with van der Waals surface area (Å²) in [6, 6.07) is 35.2. The minimum absolute atomic E-state index is 1.02. The number of hydrogen-bond donors (Lipinski definition) is 0. The summed E-state index contributed by atoms with van der Waals surface area (Å²) in [6.45, 7) is 3.22. The van der Waals surface area contributed by atoms with Crippen molar-refractivity contribution in [3.63, 3.8) is 0 Å². The van der Waals surface area contributed by atoms with Crippen LogP contribution in [0.3, 0.4) is 0 Å². The molecule has 0 aliphatic heterocycles. The van der Waals surface area contributed by atoms with Gasteiger partial charge in [0.25, 0.3) is 0 Å². The summed E-state index contributed by atoms with van der Waals surface area (Å²) in [4.78, 5) is 0. The van der Waals surface area contributed by atoms with Gasteiger partial charge in [0.05, 0.1) is 0 Å². The van der Waals surface area contributed by atoms with Crippen molar-refractivity contribution < 1.29 is 0 Å². The van der Waals surface area contributed by atoms with Crippen LogP contribution in [-0.4, -0.2) is 4.57 Å². The van der Waals surface area contributed by atoms with E-state index >= 15 is 0 Å². The zero-order chi connectivity index (χ0) is 22.2. The van der Waals surface area contributed by atoms with Crippen LogP contribution in [0.25, 0.3) is 43.4 Å². The molecule has 33 heavy (non-hydrogen) atoms. The van der Waals surface area contributed by atoms with Gasteiger partial charge in [-0.3, -0.25) is 0 Å². The fraction of sp³-hybridized carbons (Fsp3) is 0.188. The van der Waals surface area contributed by atoms with Gasteiger partial charge < -0.3 is 4.57 Å². The summed E-state index contributed by atoms with van der Waals surface area (Å²) in [5.74, 6) is 0. The van der Waals surface area contributed by atoms with E-state index in [1.165, 1.54) is 69.0 Å². The quantitative estimate of drug-likeness (QED) is 0.231. The van der Waals surface area contributed by atoms with Crippen LogP contribution in [0.5, 0.6) is 0 Å². The van der Waals surface area contributed by atoms with E-state index < -0.39 is 0 Å². The molecule has 0 unspecified atom stereocenters. The normalized spacial score (nSPS) is 13.2. The molecule has 1 heterocycles. The zero-order valence-corrected chi connectivity index (χ0v) is 19.2. The largest absolute Gasteiger partial charge is 0.341 e. The Morgan fingerprint density at radius 2 is 1.15 bits per heavy atom. The molecule has 1 aliphatic rings. The predicted molar refractivity (Wildman–Crippen MR) is 143 cm³/mol. The van der Waals surface area contributed by atoms with Gasteiger partial charge in [-0.05, 0) is 77.4 Å². The number of para-hydroxylation sites is 2. The Balaban J connectivity index is 0.000000127. The molecule has 0 fully saturated rings. The van der Waals surface area contributed by atoms with Crippen molar-refractivity contribution in [3.05, 3.63) is 108 Å². The van der Waals surface area contributed by atoms with Crippen molar-refractivity contribution in [2.45, 2.75) is 39.2 Å². The van der Waals surface area contributed by atoms with Gasteiger partial charge >= 0.3 is 0 Å². The van der Waals surface area contributed by atoms with Gasteiger partial charge in [-0.15, -0.1) is 0 Å². The second kappa shape index (κ2) is 8.41. The summed E-state index contributed by atoms with van der Waals surface area (Å²) in [5.41, 5.74) is 5.84. The Bertz CT molecular complexity index is 1550. The molecular weight excluding hydrogens is 398 g/mol. The molecule has 0 saturated carbocycles. The average molecular weight is 428 g/mol. The first-order valence-electron chi connectivity index (χ1n) is 12.2. The molecule has 5 aromatic carbocycles. The van der Waals surface area contributed by atoms with Crippen LogP contribution >= 0.6 is 0 Å². The minimum atomic E-state index is 1.02. The van der Waals surface area contributed by atoms with E-state index in [1.54, 1.807) is 11.1 Å². The Morgan fingerprint density at radius 3 is 1.88 bits per heavy atom. The van der Waals surface area contributed by atoms with Gasteiger partial charge in [0.15, 0.2) is 0 Å². The van der Waals surface area contributed by atoms with E-state index in [2.05, 4.69) is 109 Å². The maximum atomic E-state index is 2.37. The topological polar surface area (TPSA) is 4.93 Å². The number of aryl methyl sites for hydroxylation is 3. The number of benzene rings is 5. The maximum Gasteiger partial charge on any atom is 0.0491 e. The second-order valence-corrected chi connectivity index (χ2v) is 9.07. The minimum Gasteiger partial charge on any atom is -0.341 e. The molecule has 0 saturated heterocycles. The lowest BCUT2D eigenvalue weighted by atomic mass is 9.86. The van der Waals surface area contributed by atoms with E-state index in [0.29, 0.717) is 0 Å². The number of fused-ring (bicyclic) bond motifs is 8. The van der Waals surface area contributed by atoms with Crippen molar-refractivity contribution in [3.8, 4) is 0 Å². The highest BCUT2D eigenvalue weighted by Crippen LogP contribution is 2.33. The Kier molecular flexibility index (Phi) is 5.11. The fourth-order valence-electron chi connectivity index (χ4n) is 5.69. The van der Waals surface area contributed by atoms with Crippen molar-refractivity contribution in [2.75, 3.05) is 0 Å². The van der Waals surface area contributed by atoms with E-state index in [0.717, 1.165) is 6.54 Å². The first-order valence-corrected chi connectivity index (χ1v) is 12.2. The third-order valence-corrected chi connectivity index (χ3v) is 7.25. The Labute approximate surface area is 195 Å². The van der Waals surface area contributed by atoms with Crippen LogP contribution in [0.15, 0.2) is 97.1 Å². The highest BCUT2D eigenvalue weighted by molar-refractivity contribution is 6.09. The lowest BCUT2D eigenvalue weighted by Gasteiger charge is -2.18. The molecule has 1 aromatic heterocycles. The molecule has 0 atom stereocenters. The van der Waals surface area contributed by atoms with Crippen LogP contribution in [-0.2, 0) is 19.4 Å². The van der Waals surface area contributed by atoms with Gasteiger partial charge in [0.2, 0.25) is 0 Å². The molecular formula is C32H29N. The summed E-state index contributed by atoms with van der Waals surface area (Å²) in [5, 5.41) is 8.36. The Morgan fingerprint density at radius 1 is 0.545 bits per heavy atom. The molecule has 6 aromatic rings. The van der Waals surface area contributed by atoms with E-state index in [1.807, 2.05) is 0 Å². The molecule has 0 radical (unpaired) electrons. The van der Waals surface area contributed by atoms with Crippen molar-refractivity contribution in [1.29, 1.82) is 0 Å². The molecule has 7 rings (SSSR count). The third-order valence-electron chi connectivity index (χ3n) is 7.25. The lowest BCUT2D eigenvalue weighted by Crippen LogP contribution is -2.02. The van der Waals surface area contributed by atoms with Gasteiger partial charge in [0.1, 0.15) is 0 Å². The van der Waals surface area contributed by atoms with Crippen molar-refractivity contribution in [2.24, 2.45) is 0 Å². The van der Waals surface area contributed by atoms with Crippen LogP contribution in [0.4, 0.5) is 0 Å². The summed E-state index contributed by atoms with van der Waals surface area (Å²) in [6.07, 6.45) is 5.22. The van der Waals surface area contributed by atoms with Gasteiger partial charge in [0, 0.05) is 28.4 Å². The van der Waals surface area contributed by atoms with E-state index in [-0.39, 0.29) is 0 Å². The SMILES string of the molecule is CCn1c2ccccc2c2ccccc21.c1ccc2c(c1)ccc1c3c(ccc12)CCCC3. The number of aromatic nitrogens is 1. The van der Waals surface area contributed by atoms with Crippen molar-refractivity contribution >= 4 is 43.4 Å². The Hall–Kier alpha value is -3.58. The average Bonchev–Trinajstić information content (AvgIpc) is 3.22. The van der Waals surface area contributed by atoms with Crippen LogP contribution < -0.4 is 0 Å². The van der Waals surface area contributed by atoms with Crippen LogP contribution in [0.2, 0.25) is 0 Å². The number of nitrogens with zero attached hydrogens (tertiary/aromatic N) is 1. The van der Waals surface area contributed by atoms with Crippen LogP contribution in [0.1, 0.15) is 30.9 Å². The summed E-state index contributed by atoms with van der Waals surface area (Å²) < 4.78 is 2.37. The molecule has 0 N–H and O–H groups in total. The fourth-order valence-corrected chi connectivity index (χ4v) is 5.69.